The van der Waals surface area contributed by atoms with Crippen LogP contribution in [0, 0.1) is 0 Å². The molecule has 0 aliphatic carbocycles. The molecule has 0 aliphatic heterocycles. The quantitative estimate of drug-likeness (QED) is 0.236. The molecule has 0 aromatic rings. The smallest absolute Gasteiger partial charge is 0.330 e. The normalized spacial score (nSPS) is 10.1. The zero-order chi connectivity index (χ0) is 12.8. The van der Waals surface area contributed by atoms with Gasteiger partial charge in [-0.15, -0.1) is 33.2 Å². The van der Waals surface area contributed by atoms with Crippen LogP contribution in [0.3, 0.4) is 0 Å². The Bertz CT molecular complexity index is 179. The van der Waals surface area contributed by atoms with E-state index in [1.54, 1.807) is 0 Å². The molecule has 3 nitrogen and oxygen atoms in total. The summed E-state index contributed by atoms with van der Waals surface area (Å²) in [5, 5.41) is 0. The van der Waals surface area contributed by atoms with Crippen molar-refractivity contribution in [3.8, 4) is 0 Å². The number of carbonyl (C=O) groups is 1. The summed E-state index contributed by atoms with van der Waals surface area (Å²) in [4.78, 5) is 10.5. The highest BCUT2D eigenvalue weighted by atomic mass is 35.8. The van der Waals surface area contributed by atoms with E-state index in [-0.39, 0.29) is 15.7 Å². The van der Waals surface area contributed by atoms with Crippen molar-refractivity contribution in [2.24, 2.45) is 0 Å². The van der Waals surface area contributed by atoms with E-state index in [2.05, 4.69) is 6.58 Å². The monoisotopic (exact) mass is 322 g/mol. The topological polar surface area (TPSA) is 35.5 Å². The predicted molar refractivity (Wildman–Crippen MR) is 75.5 cm³/mol. The number of hydrogen-bond donors (Lipinski definition) is 0. The first-order chi connectivity index (χ1) is 7.54. The van der Waals surface area contributed by atoms with Gasteiger partial charge in [-0.1, -0.05) is 6.58 Å². The maximum atomic E-state index is 10.5. The number of halogens is 3. The molecule has 0 N–H and O–H groups in total. The average Bonchev–Trinajstić information content (AvgIpc) is 2.22. The number of esters is 1. The predicted octanol–water partition coefficient (Wildman–Crippen LogP) is 2.06. The van der Waals surface area contributed by atoms with Crippen molar-refractivity contribution < 1.29 is 14.0 Å². The van der Waals surface area contributed by atoms with Crippen molar-refractivity contribution >= 4 is 55.7 Å². The summed E-state index contributed by atoms with van der Waals surface area (Å²) in [6.45, 7) is 4.86. The third-order valence-electron chi connectivity index (χ3n) is 1.30. The van der Waals surface area contributed by atoms with Gasteiger partial charge in [-0.3, -0.25) is 0 Å². The zero-order valence-corrected chi connectivity index (χ0v) is 14.1. The van der Waals surface area contributed by atoms with Crippen molar-refractivity contribution in [3.05, 3.63) is 12.7 Å². The Kier molecular flexibility index (Phi) is 18.2. The van der Waals surface area contributed by atoms with Crippen LogP contribution in [-0.2, 0) is 14.0 Å². The van der Waals surface area contributed by atoms with Crippen molar-refractivity contribution in [3.63, 3.8) is 0 Å². The lowest BCUT2D eigenvalue weighted by atomic mass is 10.5. The second-order valence-electron chi connectivity index (χ2n) is 2.52. The molecule has 0 aliphatic rings. The van der Waals surface area contributed by atoms with Gasteiger partial charge in [0.1, 0.15) is 0 Å². The Labute approximate surface area is 115 Å². The molecule has 16 heavy (non-hydrogen) atoms. The molecule has 0 atom stereocenters. The number of ether oxygens (including phenoxy) is 1. The molecule has 0 saturated carbocycles. The summed E-state index contributed by atoms with van der Waals surface area (Å²) >= 11 is 14.8. The lowest BCUT2D eigenvalue weighted by molar-refractivity contribution is -0.137. The van der Waals surface area contributed by atoms with Gasteiger partial charge in [0, 0.05) is 12.7 Å². The molecular formula is C8H17Cl3O3Si2. The molecule has 0 heterocycles. The van der Waals surface area contributed by atoms with E-state index in [4.69, 9.17) is 42.4 Å². The summed E-state index contributed by atoms with van der Waals surface area (Å²) < 4.78 is 10.0. The van der Waals surface area contributed by atoms with Crippen molar-refractivity contribution in [1.82, 2.24) is 0 Å². The molecule has 0 aromatic carbocycles. The molecule has 0 unspecified atom stereocenters. The minimum atomic E-state index is -1.72. The van der Waals surface area contributed by atoms with Crippen LogP contribution in [0.5, 0.6) is 0 Å². The van der Waals surface area contributed by atoms with Crippen LogP contribution in [0.25, 0.3) is 0 Å². The van der Waals surface area contributed by atoms with Gasteiger partial charge in [-0.25, -0.2) is 4.79 Å². The van der Waals surface area contributed by atoms with Gasteiger partial charge in [0.2, 0.25) is 0 Å². The van der Waals surface area contributed by atoms with Crippen LogP contribution in [0.2, 0.25) is 6.04 Å². The van der Waals surface area contributed by atoms with Crippen molar-refractivity contribution in [2.45, 2.75) is 19.4 Å². The van der Waals surface area contributed by atoms with Crippen LogP contribution in [0.1, 0.15) is 13.3 Å². The Morgan fingerprint density at radius 2 is 2.06 bits per heavy atom. The minimum absolute atomic E-state index is 0.340. The van der Waals surface area contributed by atoms with E-state index in [1.165, 1.54) is 6.08 Å². The molecule has 96 valence electrons. The fourth-order valence-electron chi connectivity index (χ4n) is 0.682. The molecule has 0 saturated heterocycles. The molecule has 0 rings (SSSR count). The van der Waals surface area contributed by atoms with Crippen LogP contribution in [0.4, 0.5) is 0 Å². The fraction of sp³-hybridized carbons (Fsp3) is 0.625. The Hall–Kier alpha value is 0.474. The molecule has 0 radical (unpaired) electrons. The van der Waals surface area contributed by atoms with E-state index in [1.807, 2.05) is 6.92 Å². The second kappa shape index (κ2) is 15.5. The third-order valence-corrected chi connectivity index (χ3v) is 2.78. The summed E-state index contributed by atoms with van der Waals surface area (Å²) in [5.74, 6) is -0.340. The van der Waals surface area contributed by atoms with E-state index >= 15 is 0 Å². The van der Waals surface area contributed by atoms with Crippen LogP contribution >= 0.6 is 33.2 Å². The first-order valence-electron chi connectivity index (χ1n) is 4.83. The lowest BCUT2D eigenvalue weighted by Gasteiger charge is -2.01. The van der Waals surface area contributed by atoms with Gasteiger partial charge >= 0.3 is 12.7 Å². The number of carbonyl (C=O) groups excluding carboxylic acids is 1. The highest BCUT2D eigenvalue weighted by Gasteiger charge is 1.94. The van der Waals surface area contributed by atoms with Gasteiger partial charge in [-0.05, 0) is 19.4 Å². The van der Waals surface area contributed by atoms with Gasteiger partial charge < -0.3 is 9.16 Å². The molecule has 0 amide bonds. The Morgan fingerprint density at radius 1 is 1.50 bits per heavy atom. The highest BCUT2D eigenvalue weighted by molar-refractivity contribution is 7.54. The second-order valence-corrected chi connectivity index (χ2v) is 10.5. The summed E-state index contributed by atoms with van der Waals surface area (Å²) in [6.07, 6.45) is 2.09. The average molecular weight is 324 g/mol. The largest absolute Gasteiger partial charge is 0.463 e. The van der Waals surface area contributed by atoms with Gasteiger partial charge in [0.15, 0.2) is 9.76 Å². The molecule has 0 aromatic heterocycles. The van der Waals surface area contributed by atoms with Crippen LogP contribution in [0.15, 0.2) is 12.7 Å². The maximum absolute atomic E-state index is 10.5. The molecule has 0 bridgehead atoms. The summed E-state index contributed by atoms with van der Waals surface area (Å²) in [5.41, 5.74) is 0. The highest BCUT2D eigenvalue weighted by Crippen LogP contribution is 1.97. The summed E-state index contributed by atoms with van der Waals surface area (Å²) in [6, 6.07) is 1.07. The van der Waals surface area contributed by atoms with E-state index < -0.39 is 6.73 Å². The molecule has 0 spiro atoms. The number of hydrogen-bond acceptors (Lipinski definition) is 3. The Morgan fingerprint density at radius 3 is 2.50 bits per heavy atom. The standard InChI is InChI=1S/C8H16O3Si.Cl3HSi/c1-3-8(9)10-6-5-7-12-11-4-2;1-4(2)3/h3H,1,4-7,12H2,2H3;4H. The maximum Gasteiger partial charge on any atom is 0.330 e. The van der Waals surface area contributed by atoms with Crippen molar-refractivity contribution in [2.75, 3.05) is 13.2 Å². The van der Waals surface area contributed by atoms with E-state index in [0.29, 0.717) is 6.61 Å². The molecule has 0 fully saturated rings. The van der Waals surface area contributed by atoms with E-state index in [0.717, 1.165) is 19.1 Å². The van der Waals surface area contributed by atoms with Gasteiger partial charge in [0.25, 0.3) is 0 Å². The SMILES string of the molecule is C=CC(=O)OCCC[SiH2]OCC.Cl[SiH](Cl)Cl. The fourth-order valence-corrected chi connectivity index (χ4v) is 1.58. The first kappa shape index (κ1) is 18.8. The zero-order valence-electron chi connectivity index (χ0n) is 9.26. The minimum Gasteiger partial charge on any atom is -0.463 e. The lowest BCUT2D eigenvalue weighted by Crippen LogP contribution is -2.04. The third kappa shape index (κ3) is 24.0. The van der Waals surface area contributed by atoms with Gasteiger partial charge in [-0.2, -0.15) is 0 Å². The van der Waals surface area contributed by atoms with Crippen LogP contribution < -0.4 is 0 Å². The molecular weight excluding hydrogens is 307 g/mol. The molecule has 8 heteroatoms. The number of rotatable bonds is 7. The van der Waals surface area contributed by atoms with E-state index in [9.17, 15) is 4.79 Å². The Balaban J connectivity index is 0. The first-order valence-corrected chi connectivity index (χ1v) is 11.6. The van der Waals surface area contributed by atoms with Crippen molar-refractivity contribution in [1.29, 1.82) is 0 Å². The van der Waals surface area contributed by atoms with Crippen LogP contribution in [-0.4, -0.2) is 35.7 Å². The van der Waals surface area contributed by atoms with Gasteiger partial charge in [0.05, 0.1) is 6.61 Å². The summed E-state index contributed by atoms with van der Waals surface area (Å²) in [7, 11) is -0.357.